The van der Waals surface area contributed by atoms with Gasteiger partial charge >= 0.3 is 7.82 Å². The zero-order chi connectivity index (χ0) is 39.4. The standard InChI is InChI=1S/C45H93O7P/c1-40(2)34-28-22-16-10-13-19-25-31-37-43(7)47-50-53(46,51-48-44(8)38-32-26-20-14-11-17-23-29-35-41(3)4)52-49-45(9)39-33-27-21-15-12-18-24-30-36-42(5)6/h40-45H,10-39H2,1-9H3. The first kappa shape index (κ1) is 53.0. The van der Waals surface area contributed by atoms with Crippen LogP contribution in [0.15, 0.2) is 0 Å². The molecule has 0 rings (SSSR count). The van der Waals surface area contributed by atoms with Crippen molar-refractivity contribution >= 4 is 7.82 Å². The second-order valence-electron chi connectivity index (χ2n) is 17.8. The van der Waals surface area contributed by atoms with E-state index < -0.39 is 7.82 Å². The maximum absolute atomic E-state index is 13.6. The summed E-state index contributed by atoms with van der Waals surface area (Å²) in [5, 5.41) is 0. The second-order valence-corrected chi connectivity index (χ2v) is 19.1. The molecule has 0 saturated heterocycles. The maximum Gasteiger partial charge on any atom is 0.556 e. The fraction of sp³-hybridized carbons (Fsp3) is 1.00. The van der Waals surface area contributed by atoms with Gasteiger partial charge in [0.2, 0.25) is 0 Å². The van der Waals surface area contributed by atoms with Gasteiger partial charge in [-0.2, -0.15) is 0 Å². The highest BCUT2D eigenvalue weighted by Gasteiger charge is 2.35. The number of phosphoric acid groups is 1. The highest BCUT2D eigenvalue weighted by Crippen LogP contribution is 2.51. The van der Waals surface area contributed by atoms with Crippen molar-refractivity contribution in [2.75, 3.05) is 0 Å². The van der Waals surface area contributed by atoms with Gasteiger partial charge < -0.3 is 0 Å². The van der Waals surface area contributed by atoms with Gasteiger partial charge in [-0.25, -0.2) is 19.2 Å². The molecule has 320 valence electrons. The zero-order valence-electron chi connectivity index (χ0n) is 37.0. The van der Waals surface area contributed by atoms with Crippen LogP contribution in [0.5, 0.6) is 0 Å². The smallest absolute Gasteiger partial charge is 0.223 e. The third-order valence-electron chi connectivity index (χ3n) is 10.3. The molecule has 0 aromatic heterocycles. The molecule has 0 aliphatic carbocycles. The molecular weight excluding hydrogens is 683 g/mol. The molecule has 3 atom stereocenters. The van der Waals surface area contributed by atoms with Crippen LogP contribution < -0.4 is 0 Å². The Hall–Kier alpha value is -0.0100. The maximum atomic E-state index is 13.6. The van der Waals surface area contributed by atoms with Crippen LogP contribution in [0.3, 0.4) is 0 Å². The minimum Gasteiger partial charge on any atom is -0.223 e. The average molecular weight is 777 g/mol. The van der Waals surface area contributed by atoms with Crippen LogP contribution in [0, 0.1) is 17.8 Å². The van der Waals surface area contributed by atoms with Gasteiger partial charge in [-0.3, -0.25) is 0 Å². The molecule has 7 nitrogen and oxygen atoms in total. The quantitative estimate of drug-likeness (QED) is 0.0264. The highest BCUT2D eigenvalue weighted by molar-refractivity contribution is 7.48. The van der Waals surface area contributed by atoms with Crippen LogP contribution in [-0.2, 0) is 33.3 Å². The predicted molar refractivity (Wildman–Crippen MR) is 226 cm³/mol. The monoisotopic (exact) mass is 777 g/mol. The predicted octanol–water partition coefficient (Wildman–Crippen LogP) is 16.8. The Bertz CT molecular complexity index is 693. The first-order valence-electron chi connectivity index (χ1n) is 23.1. The third kappa shape index (κ3) is 40.0. The summed E-state index contributed by atoms with van der Waals surface area (Å²) in [6.45, 7) is 19.6. The summed E-state index contributed by atoms with van der Waals surface area (Å²) >= 11 is 0. The molecular formula is C45H93O7P. The third-order valence-corrected chi connectivity index (χ3v) is 11.1. The van der Waals surface area contributed by atoms with Crippen molar-refractivity contribution in [2.24, 2.45) is 17.8 Å². The zero-order valence-corrected chi connectivity index (χ0v) is 37.9. The van der Waals surface area contributed by atoms with Gasteiger partial charge in [0, 0.05) is 0 Å². The topological polar surface area (TPSA) is 72.5 Å². The summed E-state index contributed by atoms with van der Waals surface area (Å²) in [5.74, 6) is 2.44. The fourth-order valence-corrected chi connectivity index (χ4v) is 7.53. The van der Waals surface area contributed by atoms with Gasteiger partial charge in [0.25, 0.3) is 0 Å². The van der Waals surface area contributed by atoms with E-state index in [9.17, 15) is 4.57 Å². The van der Waals surface area contributed by atoms with Crippen molar-refractivity contribution < 1.29 is 33.3 Å². The summed E-state index contributed by atoms with van der Waals surface area (Å²) in [6.07, 6.45) is 35.9. The second kappa shape index (κ2) is 37.6. The first-order valence-corrected chi connectivity index (χ1v) is 24.5. The van der Waals surface area contributed by atoms with E-state index >= 15 is 0 Å². The molecule has 0 bridgehead atoms. The molecule has 0 saturated carbocycles. The van der Waals surface area contributed by atoms with Gasteiger partial charge in [0.1, 0.15) is 0 Å². The Labute approximate surface area is 331 Å². The largest absolute Gasteiger partial charge is 0.556 e. The van der Waals surface area contributed by atoms with E-state index in [1.165, 1.54) is 135 Å². The molecule has 0 heterocycles. The van der Waals surface area contributed by atoms with Crippen molar-refractivity contribution in [2.45, 2.75) is 273 Å². The average Bonchev–Trinajstić information content (AvgIpc) is 3.11. The van der Waals surface area contributed by atoms with Crippen LogP contribution in [0.25, 0.3) is 0 Å². The lowest BCUT2D eigenvalue weighted by Crippen LogP contribution is -2.15. The Kier molecular flexibility index (Phi) is 37.6. The Morgan fingerprint density at radius 2 is 0.453 bits per heavy atom. The van der Waals surface area contributed by atoms with E-state index in [-0.39, 0.29) is 18.3 Å². The normalized spacial score (nSPS) is 15.1. The van der Waals surface area contributed by atoms with Crippen molar-refractivity contribution in [1.29, 1.82) is 0 Å². The molecule has 0 aliphatic rings. The SMILES string of the molecule is CC(C)CCCCCCCCCCC(C)OOP(=O)(OOC(C)CCCCCCCCCCC(C)C)OOC(C)CCCCCCCCCCC(C)C. The molecule has 53 heavy (non-hydrogen) atoms. The Morgan fingerprint density at radius 3 is 0.642 bits per heavy atom. The van der Waals surface area contributed by atoms with E-state index in [1.54, 1.807) is 0 Å². The summed E-state index contributed by atoms with van der Waals surface area (Å²) < 4.78 is 29.5. The van der Waals surface area contributed by atoms with Crippen LogP contribution in [0.1, 0.15) is 255 Å². The van der Waals surface area contributed by atoms with E-state index in [2.05, 4.69) is 41.5 Å². The van der Waals surface area contributed by atoms with Gasteiger partial charge in [-0.15, -0.1) is 14.0 Å². The molecule has 0 fully saturated rings. The molecule has 0 radical (unpaired) electrons. The summed E-state index contributed by atoms with van der Waals surface area (Å²) in [7, 11) is -4.26. The lowest BCUT2D eigenvalue weighted by Gasteiger charge is -2.20. The van der Waals surface area contributed by atoms with Gasteiger partial charge in [-0.1, -0.05) is 215 Å². The van der Waals surface area contributed by atoms with Gasteiger partial charge in [0.15, 0.2) is 0 Å². The van der Waals surface area contributed by atoms with Crippen molar-refractivity contribution in [1.82, 2.24) is 0 Å². The van der Waals surface area contributed by atoms with E-state index in [1.807, 2.05) is 20.8 Å². The lowest BCUT2D eigenvalue weighted by molar-refractivity contribution is -0.350. The minimum atomic E-state index is -4.26. The molecule has 0 aromatic rings. The lowest BCUT2D eigenvalue weighted by atomic mass is 10.0. The molecule has 0 amide bonds. The van der Waals surface area contributed by atoms with E-state index in [4.69, 9.17) is 28.7 Å². The summed E-state index contributed by atoms with van der Waals surface area (Å²) in [6, 6.07) is 0. The van der Waals surface area contributed by atoms with E-state index in [0.717, 1.165) is 75.5 Å². The molecule has 0 spiro atoms. The Balaban J connectivity index is 4.49. The van der Waals surface area contributed by atoms with Crippen molar-refractivity contribution in [3.8, 4) is 0 Å². The number of hydrogen-bond donors (Lipinski definition) is 0. The van der Waals surface area contributed by atoms with Gasteiger partial charge in [-0.05, 0) is 57.8 Å². The van der Waals surface area contributed by atoms with Gasteiger partial charge in [0.05, 0.1) is 18.3 Å². The van der Waals surface area contributed by atoms with Crippen molar-refractivity contribution in [3.05, 3.63) is 0 Å². The Morgan fingerprint density at radius 1 is 0.283 bits per heavy atom. The highest BCUT2D eigenvalue weighted by atomic mass is 31.2. The number of rotatable bonds is 42. The number of unbranched alkanes of at least 4 members (excludes halogenated alkanes) is 21. The van der Waals surface area contributed by atoms with Crippen LogP contribution >= 0.6 is 7.82 Å². The molecule has 0 aliphatic heterocycles. The van der Waals surface area contributed by atoms with E-state index in [0.29, 0.717) is 0 Å². The van der Waals surface area contributed by atoms with Crippen molar-refractivity contribution in [3.63, 3.8) is 0 Å². The summed E-state index contributed by atoms with van der Waals surface area (Å²) in [5.41, 5.74) is 0. The summed E-state index contributed by atoms with van der Waals surface area (Å²) in [4.78, 5) is 16.6. The molecule has 3 unspecified atom stereocenters. The molecule has 8 heteroatoms. The molecule has 0 aromatic carbocycles. The first-order chi connectivity index (χ1) is 25.4. The van der Waals surface area contributed by atoms with Crippen LogP contribution in [0.4, 0.5) is 0 Å². The minimum absolute atomic E-state index is 0.258. The van der Waals surface area contributed by atoms with Crippen LogP contribution in [0.2, 0.25) is 0 Å². The van der Waals surface area contributed by atoms with Crippen LogP contribution in [-0.4, -0.2) is 18.3 Å². The molecule has 0 N–H and O–H groups in total. The fourth-order valence-electron chi connectivity index (χ4n) is 6.70. The number of hydrogen-bond acceptors (Lipinski definition) is 7.